The van der Waals surface area contributed by atoms with Crippen molar-refractivity contribution in [1.82, 2.24) is 4.98 Å². The van der Waals surface area contributed by atoms with E-state index >= 15 is 0 Å². The molecule has 0 aliphatic carbocycles. The first kappa shape index (κ1) is 16.6. The van der Waals surface area contributed by atoms with Crippen LogP contribution in [0.2, 0.25) is 0 Å². The summed E-state index contributed by atoms with van der Waals surface area (Å²) < 4.78 is 15.5. The fourth-order valence-electron chi connectivity index (χ4n) is 3.49. The van der Waals surface area contributed by atoms with Crippen LogP contribution in [0.15, 0.2) is 42.7 Å². The number of fused-ring (bicyclic) bond motifs is 1. The van der Waals surface area contributed by atoms with Crippen LogP contribution < -0.4 is 4.57 Å². The van der Waals surface area contributed by atoms with Gasteiger partial charge in [-0.3, -0.25) is 0 Å². The summed E-state index contributed by atoms with van der Waals surface area (Å²) in [5, 5.41) is 1.10. The minimum absolute atomic E-state index is 0.201. The van der Waals surface area contributed by atoms with E-state index in [-0.39, 0.29) is 5.82 Å². The Morgan fingerprint density at radius 3 is 2.50 bits per heavy atom. The summed E-state index contributed by atoms with van der Waals surface area (Å²) in [4.78, 5) is 4.61. The summed E-state index contributed by atoms with van der Waals surface area (Å²) in [7, 11) is 1.99. The molecule has 1 aromatic heterocycles. The van der Waals surface area contributed by atoms with Crippen molar-refractivity contribution in [1.29, 1.82) is 0 Å². The zero-order chi connectivity index (χ0) is 17.3. The molecule has 124 valence electrons. The van der Waals surface area contributed by atoms with Gasteiger partial charge in [-0.05, 0) is 72.1 Å². The molecule has 0 fully saturated rings. The van der Waals surface area contributed by atoms with E-state index in [1.54, 1.807) is 6.07 Å². The van der Waals surface area contributed by atoms with E-state index in [4.69, 9.17) is 0 Å². The Kier molecular flexibility index (Phi) is 4.61. The molecule has 0 amide bonds. The van der Waals surface area contributed by atoms with E-state index in [0.29, 0.717) is 5.92 Å². The number of aromatic nitrogens is 2. The molecule has 3 rings (SSSR count). The second kappa shape index (κ2) is 6.68. The topological polar surface area (TPSA) is 16.8 Å². The Morgan fingerprint density at radius 1 is 1.08 bits per heavy atom. The molecule has 0 spiro atoms. The van der Waals surface area contributed by atoms with Crippen molar-refractivity contribution >= 4 is 10.9 Å². The molecule has 2 aromatic carbocycles. The number of benzene rings is 2. The summed E-state index contributed by atoms with van der Waals surface area (Å²) >= 11 is 0. The largest absolute Gasteiger partial charge is 0.287 e. The molecule has 3 heteroatoms. The normalized spacial score (nSPS) is 11.4. The molecule has 2 nitrogen and oxygen atoms in total. The van der Waals surface area contributed by atoms with Crippen LogP contribution in [0.25, 0.3) is 22.2 Å². The third kappa shape index (κ3) is 2.91. The van der Waals surface area contributed by atoms with Crippen molar-refractivity contribution in [3.8, 4) is 11.3 Å². The van der Waals surface area contributed by atoms with Gasteiger partial charge >= 0.3 is 0 Å². The quantitative estimate of drug-likeness (QED) is 0.612. The van der Waals surface area contributed by atoms with Crippen molar-refractivity contribution in [3.63, 3.8) is 0 Å². The Bertz CT molecular complexity index is 882. The molecule has 3 aromatic rings. The molecule has 0 bridgehead atoms. The van der Waals surface area contributed by atoms with Gasteiger partial charge in [-0.15, -0.1) is 0 Å². The highest BCUT2D eigenvalue weighted by molar-refractivity contribution is 5.91. The summed E-state index contributed by atoms with van der Waals surface area (Å²) in [5.41, 5.74) is 5.39. The fraction of sp³-hybridized carbons (Fsp3) is 0.333. The van der Waals surface area contributed by atoms with Gasteiger partial charge in [0.1, 0.15) is 11.5 Å². The number of nitrogens with zero attached hydrogens (tertiary/aromatic N) is 2. The van der Waals surface area contributed by atoms with Crippen molar-refractivity contribution in [2.75, 3.05) is 0 Å². The lowest BCUT2D eigenvalue weighted by Gasteiger charge is -2.14. The third-order valence-corrected chi connectivity index (χ3v) is 4.90. The summed E-state index contributed by atoms with van der Waals surface area (Å²) in [6.07, 6.45) is 4.11. The first-order chi connectivity index (χ1) is 11.5. The minimum Gasteiger partial charge on any atom is -0.232 e. The number of hydrogen-bond donors (Lipinski definition) is 0. The average molecular weight is 323 g/mol. The van der Waals surface area contributed by atoms with Crippen LogP contribution in [-0.4, -0.2) is 4.98 Å². The van der Waals surface area contributed by atoms with E-state index in [9.17, 15) is 4.39 Å². The standard InChI is InChI=1S/C21H24FN2/c1-5-15(6-2)16-7-9-19-20(12-16)23-13-24(4)21(19)18-10-8-17(22)11-14(18)3/h7-13,15H,5-6H2,1-4H3/q+1. The van der Waals surface area contributed by atoms with Gasteiger partial charge in [-0.25, -0.2) is 8.96 Å². The van der Waals surface area contributed by atoms with E-state index in [2.05, 4.69) is 37.0 Å². The lowest BCUT2D eigenvalue weighted by molar-refractivity contribution is -0.662. The van der Waals surface area contributed by atoms with E-state index in [0.717, 1.165) is 40.6 Å². The maximum Gasteiger partial charge on any atom is 0.287 e. The van der Waals surface area contributed by atoms with E-state index < -0.39 is 0 Å². The Hall–Kier alpha value is -2.29. The number of aryl methyl sites for hydroxylation is 2. The maximum atomic E-state index is 13.5. The number of rotatable bonds is 4. The zero-order valence-electron chi connectivity index (χ0n) is 14.8. The molecule has 0 saturated heterocycles. The van der Waals surface area contributed by atoms with Gasteiger partial charge in [0.15, 0.2) is 5.52 Å². The lowest BCUT2D eigenvalue weighted by atomic mass is 9.92. The van der Waals surface area contributed by atoms with Gasteiger partial charge in [0.2, 0.25) is 0 Å². The van der Waals surface area contributed by atoms with E-state index in [1.165, 1.54) is 11.6 Å². The second-order valence-electron chi connectivity index (χ2n) is 6.45. The van der Waals surface area contributed by atoms with E-state index in [1.807, 2.05) is 30.9 Å². The van der Waals surface area contributed by atoms with Crippen LogP contribution in [-0.2, 0) is 7.05 Å². The fourth-order valence-corrected chi connectivity index (χ4v) is 3.49. The molecule has 0 atom stereocenters. The van der Waals surface area contributed by atoms with Crippen molar-refractivity contribution < 1.29 is 8.96 Å². The van der Waals surface area contributed by atoms with Crippen LogP contribution in [0, 0.1) is 12.7 Å². The molecule has 24 heavy (non-hydrogen) atoms. The van der Waals surface area contributed by atoms with Gasteiger partial charge < -0.3 is 0 Å². The molecule has 0 unspecified atom stereocenters. The van der Waals surface area contributed by atoms with Crippen molar-refractivity contribution in [2.24, 2.45) is 7.05 Å². The van der Waals surface area contributed by atoms with Crippen molar-refractivity contribution in [3.05, 3.63) is 59.7 Å². The smallest absolute Gasteiger partial charge is 0.232 e. The predicted octanol–water partition coefficient (Wildman–Crippen LogP) is 5.08. The molecular weight excluding hydrogens is 299 g/mol. The predicted molar refractivity (Wildman–Crippen MR) is 96.4 cm³/mol. The van der Waals surface area contributed by atoms with Crippen molar-refractivity contribution in [2.45, 2.75) is 39.5 Å². The molecule has 0 N–H and O–H groups in total. The number of halogens is 1. The SMILES string of the molecule is CCC(CC)c1ccc2c(-c3ccc(F)cc3C)[n+](C)cnc2c1. The summed E-state index contributed by atoms with van der Waals surface area (Å²) in [6.45, 7) is 6.40. The van der Waals surface area contributed by atoms with Crippen LogP contribution in [0.3, 0.4) is 0 Å². The summed E-state index contributed by atoms with van der Waals surface area (Å²) in [5.74, 6) is 0.370. The van der Waals surface area contributed by atoms with Crippen LogP contribution in [0.4, 0.5) is 4.39 Å². The van der Waals surface area contributed by atoms with Gasteiger partial charge in [-0.1, -0.05) is 19.9 Å². The van der Waals surface area contributed by atoms with Gasteiger partial charge in [0.25, 0.3) is 6.33 Å². The Balaban J connectivity index is 2.23. The van der Waals surface area contributed by atoms with Gasteiger partial charge in [0, 0.05) is 5.56 Å². The molecule has 1 heterocycles. The monoisotopic (exact) mass is 323 g/mol. The molecule has 0 aliphatic heterocycles. The molecule has 0 aliphatic rings. The number of hydrogen-bond acceptors (Lipinski definition) is 1. The first-order valence-corrected chi connectivity index (χ1v) is 8.60. The van der Waals surface area contributed by atoms with Crippen LogP contribution >= 0.6 is 0 Å². The molecule has 0 radical (unpaired) electrons. The first-order valence-electron chi connectivity index (χ1n) is 8.60. The highest BCUT2D eigenvalue weighted by atomic mass is 19.1. The summed E-state index contributed by atoms with van der Waals surface area (Å²) in [6, 6.07) is 11.5. The Labute approximate surface area is 143 Å². The molecule has 0 saturated carbocycles. The Morgan fingerprint density at radius 2 is 1.83 bits per heavy atom. The van der Waals surface area contributed by atoms with Gasteiger partial charge in [0.05, 0.1) is 12.4 Å². The maximum absolute atomic E-state index is 13.5. The zero-order valence-corrected chi connectivity index (χ0v) is 14.8. The van der Waals surface area contributed by atoms with Crippen LogP contribution in [0.1, 0.15) is 43.7 Å². The minimum atomic E-state index is -0.201. The highest BCUT2D eigenvalue weighted by Crippen LogP contribution is 2.30. The molecular formula is C21H24FN2+. The van der Waals surface area contributed by atoms with Gasteiger partial charge in [-0.2, -0.15) is 0 Å². The van der Waals surface area contributed by atoms with Crippen LogP contribution in [0.5, 0.6) is 0 Å². The third-order valence-electron chi connectivity index (χ3n) is 4.90. The second-order valence-corrected chi connectivity index (χ2v) is 6.45. The lowest BCUT2D eigenvalue weighted by Crippen LogP contribution is -2.31. The average Bonchev–Trinajstić information content (AvgIpc) is 2.57. The highest BCUT2D eigenvalue weighted by Gasteiger charge is 2.18.